The third-order valence-electron chi connectivity index (χ3n) is 5.62. The smallest absolute Gasteiger partial charge is 0.328 e. The van der Waals surface area contributed by atoms with E-state index in [-0.39, 0.29) is 42.4 Å². The molecule has 0 radical (unpaired) electrons. The zero-order valence-electron chi connectivity index (χ0n) is 18.7. The number of hydrogen-bond donors (Lipinski definition) is 3. The van der Waals surface area contributed by atoms with Crippen molar-refractivity contribution in [3.63, 3.8) is 0 Å². The topological polar surface area (TPSA) is 78.8 Å². The Kier molecular flexibility index (Phi) is 9.40. The summed E-state index contributed by atoms with van der Waals surface area (Å²) in [7, 11) is 0. The number of rotatable bonds is 10. The lowest BCUT2D eigenvalue weighted by molar-refractivity contribution is -0.131. The number of aliphatic hydroxyl groups is 1. The van der Waals surface area contributed by atoms with E-state index in [1.165, 1.54) is 17.2 Å². The lowest BCUT2D eigenvalue weighted by atomic mass is 9.88. The molecule has 0 fully saturated rings. The van der Waals surface area contributed by atoms with Gasteiger partial charge in [-0.2, -0.15) is 4.39 Å². The molecule has 5 nitrogen and oxygen atoms in total. The SMILES string of the molecule is CC(C)(CC1Cc2ccccc2C1)NC[C@@H](O)COc1cc(/C=C/C(=O)O)cc(F)c1F.Cl. The van der Waals surface area contributed by atoms with Gasteiger partial charge in [-0.25, -0.2) is 9.18 Å². The number of carboxylic acids is 1. The third-order valence-corrected chi connectivity index (χ3v) is 5.62. The Hall–Kier alpha value is -2.48. The number of halogens is 3. The second-order valence-electron chi connectivity index (χ2n) is 8.96. The van der Waals surface area contributed by atoms with Gasteiger partial charge in [0.1, 0.15) is 12.7 Å². The number of carbonyl (C=O) groups is 1. The van der Waals surface area contributed by atoms with Crippen LogP contribution in [0.4, 0.5) is 8.78 Å². The largest absolute Gasteiger partial charge is 0.488 e. The second kappa shape index (κ2) is 11.6. The highest BCUT2D eigenvalue weighted by Crippen LogP contribution is 2.32. The van der Waals surface area contributed by atoms with Crippen LogP contribution in [0.3, 0.4) is 0 Å². The van der Waals surface area contributed by atoms with Crippen LogP contribution in [0.25, 0.3) is 6.08 Å². The van der Waals surface area contributed by atoms with Crippen molar-refractivity contribution in [2.45, 2.75) is 44.8 Å². The summed E-state index contributed by atoms with van der Waals surface area (Å²) in [5.74, 6) is -3.39. The van der Waals surface area contributed by atoms with E-state index in [0.717, 1.165) is 37.5 Å². The summed E-state index contributed by atoms with van der Waals surface area (Å²) in [6.07, 6.45) is 4.05. The minimum Gasteiger partial charge on any atom is -0.488 e. The standard InChI is InChI=1S/C25H29F2NO4.ClH/c1-25(2,13-17-9-18-5-3-4-6-19(18)10-17)28-14-20(29)15-32-22-12-16(7-8-23(30)31)11-21(26)24(22)27;/h3-8,11-12,17,20,28-29H,9-10,13-15H2,1-2H3,(H,30,31);1H/b8-7+;/t20-;/m1./s1. The molecule has 180 valence electrons. The molecule has 3 N–H and O–H groups in total. The summed E-state index contributed by atoms with van der Waals surface area (Å²) in [5, 5.41) is 22.3. The van der Waals surface area contributed by atoms with E-state index in [1.54, 1.807) is 0 Å². The van der Waals surface area contributed by atoms with E-state index in [9.17, 15) is 18.7 Å². The summed E-state index contributed by atoms with van der Waals surface area (Å²) in [5.41, 5.74) is 2.73. The van der Waals surface area contributed by atoms with Gasteiger partial charge in [0.25, 0.3) is 0 Å². The van der Waals surface area contributed by atoms with Crippen LogP contribution in [-0.4, -0.2) is 41.0 Å². The van der Waals surface area contributed by atoms with Crippen molar-refractivity contribution in [1.82, 2.24) is 5.32 Å². The highest BCUT2D eigenvalue weighted by molar-refractivity contribution is 5.85. The number of β-amino-alcohol motifs (C(OH)–C–C–N with tert-alkyl or cyclic N) is 1. The van der Waals surface area contributed by atoms with Crippen molar-refractivity contribution < 1.29 is 28.5 Å². The average molecular weight is 482 g/mol. The van der Waals surface area contributed by atoms with Crippen LogP contribution in [0.15, 0.2) is 42.5 Å². The number of ether oxygens (including phenoxy) is 1. The zero-order chi connectivity index (χ0) is 23.3. The molecule has 0 amide bonds. The van der Waals surface area contributed by atoms with Crippen LogP contribution in [0.2, 0.25) is 0 Å². The summed E-state index contributed by atoms with van der Waals surface area (Å²) in [6.45, 7) is 4.16. The predicted molar refractivity (Wildman–Crippen MR) is 126 cm³/mol. The first kappa shape index (κ1) is 26.8. The predicted octanol–water partition coefficient (Wildman–Crippen LogP) is 4.40. The summed E-state index contributed by atoms with van der Waals surface area (Å²) >= 11 is 0. The lowest BCUT2D eigenvalue weighted by Gasteiger charge is -2.30. The van der Waals surface area contributed by atoms with Crippen molar-refractivity contribution in [2.75, 3.05) is 13.2 Å². The van der Waals surface area contributed by atoms with Crippen LogP contribution in [-0.2, 0) is 17.6 Å². The average Bonchev–Trinajstić information content (AvgIpc) is 3.13. The minimum atomic E-state index is -1.21. The maximum absolute atomic E-state index is 14.0. The van der Waals surface area contributed by atoms with E-state index in [4.69, 9.17) is 9.84 Å². The molecule has 0 saturated carbocycles. The van der Waals surface area contributed by atoms with Crippen LogP contribution in [0, 0.1) is 17.6 Å². The van der Waals surface area contributed by atoms with Gasteiger partial charge in [0.05, 0.1) is 0 Å². The summed E-state index contributed by atoms with van der Waals surface area (Å²) < 4.78 is 33.1. The fraction of sp³-hybridized carbons (Fsp3) is 0.400. The molecule has 1 aliphatic carbocycles. The molecular weight excluding hydrogens is 452 g/mol. The Morgan fingerprint density at radius 1 is 1.24 bits per heavy atom. The highest BCUT2D eigenvalue weighted by Gasteiger charge is 2.28. The van der Waals surface area contributed by atoms with Gasteiger partial charge >= 0.3 is 5.97 Å². The van der Waals surface area contributed by atoms with Gasteiger partial charge in [-0.1, -0.05) is 24.3 Å². The van der Waals surface area contributed by atoms with Gasteiger partial charge < -0.3 is 20.3 Å². The van der Waals surface area contributed by atoms with Crippen molar-refractivity contribution >= 4 is 24.5 Å². The third kappa shape index (κ3) is 7.81. The number of fused-ring (bicyclic) bond motifs is 1. The van der Waals surface area contributed by atoms with E-state index in [0.29, 0.717) is 5.92 Å². The molecule has 0 saturated heterocycles. The molecule has 33 heavy (non-hydrogen) atoms. The molecule has 0 bridgehead atoms. The Morgan fingerprint density at radius 2 is 1.88 bits per heavy atom. The number of benzene rings is 2. The number of aliphatic hydroxyl groups excluding tert-OH is 1. The molecule has 2 aromatic rings. The van der Waals surface area contributed by atoms with Crippen LogP contribution < -0.4 is 10.1 Å². The zero-order valence-corrected chi connectivity index (χ0v) is 19.5. The van der Waals surface area contributed by atoms with Crippen molar-refractivity contribution in [3.8, 4) is 5.75 Å². The first-order valence-corrected chi connectivity index (χ1v) is 10.7. The van der Waals surface area contributed by atoms with Crippen molar-refractivity contribution in [1.29, 1.82) is 0 Å². The van der Waals surface area contributed by atoms with Gasteiger partial charge in [-0.3, -0.25) is 0 Å². The number of hydrogen-bond acceptors (Lipinski definition) is 4. The molecule has 1 aliphatic rings. The minimum absolute atomic E-state index is 0. The Balaban J connectivity index is 0.00000385. The number of aliphatic carboxylic acids is 1. The van der Waals surface area contributed by atoms with E-state index < -0.39 is 23.7 Å². The molecule has 0 heterocycles. The first-order chi connectivity index (χ1) is 15.1. The van der Waals surface area contributed by atoms with Crippen LogP contribution in [0.1, 0.15) is 37.0 Å². The first-order valence-electron chi connectivity index (χ1n) is 10.7. The number of nitrogens with one attached hydrogen (secondary N) is 1. The van der Waals surface area contributed by atoms with Gasteiger partial charge in [-0.05, 0) is 73.9 Å². The maximum atomic E-state index is 14.0. The fourth-order valence-electron chi connectivity index (χ4n) is 4.18. The molecule has 0 aliphatic heterocycles. The van der Waals surface area contributed by atoms with Crippen LogP contribution >= 0.6 is 12.4 Å². The van der Waals surface area contributed by atoms with E-state index in [2.05, 4.69) is 43.4 Å². The molecule has 8 heteroatoms. The normalized spacial score (nSPS) is 14.7. The summed E-state index contributed by atoms with van der Waals surface area (Å²) in [6, 6.07) is 10.5. The van der Waals surface area contributed by atoms with Gasteiger partial charge in [0.2, 0.25) is 5.82 Å². The molecule has 1 atom stereocenters. The van der Waals surface area contributed by atoms with Gasteiger partial charge in [0, 0.05) is 18.2 Å². The maximum Gasteiger partial charge on any atom is 0.328 e. The van der Waals surface area contributed by atoms with Crippen LogP contribution in [0.5, 0.6) is 5.75 Å². The Bertz CT molecular complexity index is 971. The van der Waals surface area contributed by atoms with Crippen molar-refractivity contribution in [3.05, 3.63) is 70.8 Å². The lowest BCUT2D eigenvalue weighted by Crippen LogP contribution is -2.46. The summed E-state index contributed by atoms with van der Waals surface area (Å²) in [4.78, 5) is 10.6. The quantitative estimate of drug-likeness (QED) is 0.438. The molecule has 3 rings (SSSR count). The van der Waals surface area contributed by atoms with E-state index in [1.807, 2.05) is 0 Å². The van der Waals surface area contributed by atoms with Gasteiger partial charge in [-0.15, -0.1) is 12.4 Å². The van der Waals surface area contributed by atoms with E-state index >= 15 is 0 Å². The highest BCUT2D eigenvalue weighted by atomic mass is 35.5. The fourth-order valence-corrected chi connectivity index (χ4v) is 4.18. The molecule has 0 unspecified atom stereocenters. The molecular formula is C25H30ClF2NO4. The van der Waals surface area contributed by atoms with Crippen molar-refractivity contribution in [2.24, 2.45) is 5.92 Å². The molecule has 2 aromatic carbocycles. The Morgan fingerprint density at radius 3 is 2.48 bits per heavy atom. The number of carboxylic acid groups (broad SMARTS) is 1. The Labute approximate surface area is 198 Å². The molecule has 0 aromatic heterocycles. The second-order valence-corrected chi connectivity index (χ2v) is 8.96. The monoisotopic (exact) mass is 481 g/mol. The van der Waals surface area contributed by atoms with Gasteiger partial charge in [0.15, 0.2) is 11.6 Å². The molecule has 0 spiro atoms.